The summed E-state index contributed by atoms with van der Waals surface area (Å²) in [6.45, 7) is 2.12. The third-order valence-electron chi connectivity index (χ3n) is 5.23. The molecule has 0 radical (unpaired) electrons. The van der Waals surface area contributed by atoms with Gasteiger partial charge in [-0.2, -0.15) is 0 Å². The second-order valence-corrected chi connectivity index (χ2v) is 7.05. The molecular weight excluding hydrogens is 308 g/mol. The number of ether oxygens (including phenoxy) is 1. The van der Waals surface area contributed by atoms with Crippen molar-refractivity contribution in [3.63, 3.8) is 0 Å². The van der Waals surface area contributed by atoms with Crippen molar-refractivity contribution < 1.29 is 24.5 Å². The molecule has 0 bridgehead atoms. The highest BCUT2D eigenvalue weighted by Gasteiger charge is 2.40. The van der Waals surface area contributed by atoms with Gasteiger partial charge in [0.25, 0.3) is 0 Å². The number of ketones is 1. The summed E-state index contributed by atoms with van der Waals surface area (Å²) in [5.41, 5.74) is 0. The minimum atomic E-state index is -0.519. The molecule has 0 aromatic rings. The van der Waals surface area contributed by atoms with Gasteiger partial charge in [0, 0.05) is 19.3 Å². The van der Waals surface area contributed by atoms with E-state index in [1.807, 2.05) is 0 Å². The lowest BCUT2D eigenvalue weighted by Gasteiger charge is -2.23. The van der Waals surface area contributed by atoms with Crippen molar-refractivity contribution in [2.75, 3.05) is 7.11 Å². The molecule has 1 aliphatic rings. The molecule has 1 aliphatic carbocycles. The van der Waals surface area contributed by atoms with Crippen LogP contribution in [0.2, 0.25) is 0 Å². The van der Waals surface area contributed by atoms with Crippen LogP contribution in [0.25, 0.3) is 0 Å². The number of unbranched alkanes of at least 4 members (excludes halogenated alkanes) is 3. The van der Waals surface area contributed by atoms with Gasteiger partial charge in [0.05, 0.1) is 19.3 Å². The quantitative estimate of drug-likeness (QED) is 0.421. The molecule has 1 saturated carbocycles. The van der Waals surface area contributed by atoms with Crippen molar-refractivity contribution >= 4 is 11.8 Å². The van der Waals surface area contributed by atoms with Gasteiger partial charge in [-0.3, -0.25) is 9.59 Å². The van der Waals surface area contributed by atoms with E-state index in [0.29, 0.717) is 32.1 Å². The minimum Gasteiger partial charge on any atom is -0.469 e. The third-order valence-corrected chi connectivity index (χ3v) is 5.23. The Morgan fingerprint density at radius 3 is 2.17 bits per heavy atom. The topological polar surface area (TPSA) is 83.8 Å². The monoisotopic (exact) mass is 342 g/mol. The van der Waals surface area contributed by atoms with E-state index in [1.54, 1.807) is 0 Å². The van der Waals surface area contributed by atoms with Crippen LogP contribution in [0, 0.1) is 11.8 Å². The van der Waals surface area contributed by atoms with E-state index in [4.69, 9.17) is 0 Å². The highest BCUT2D eigenvalue weighted by atomic mass is 16.5. The Morgan fingerprint density at radius 1 is 0.917 bits per heavy atom. The lowest BCUT2D eigenvalue weighted by Crippen LogP contribution is -2.23. The molecule has 24 heavy (non-hydrogen) atoms. The predicted molar refractivity (Wildman–Crippen MR) is 92.5 cm³/mol. The fourth-order valence-electron chi connectivity index (χ4n) is 3.76. The van der Waals surface area contributed by atoms with Gasteiger partial charge in [0.15, 0.2) is 0 Å². The number of carbonyl (C=O) groups excluding carboxylic acids is 2. The van der Waals surface area contributed by atoms with Crippen molar-refractivity contribution in [1.82, 2.24) is 0 Å². The predicted octanol–water partition coefficient (Wildman–Crippen LogP) is 3.01. The van der Waals surface area contributed by atoms with Gasteiger partial charge in [-0.15, -0.1) is 0 Å². The molecule has 0 amide bonds. The second kappa shape index (κ2) is 11.6. The SMILES string of the molecule is CCCCCC(=O)CC[C@@H]1[C@H](CCCCC(=O)OC)[C@@H](O)C[C@H]1O. The standard InChI is InChI=1S/C19H34O5/c1-3-4-5-8-14(20)11-12-16-15(17(21)13-18(16)22)9-6-7-10-19(23)24-2/h15-18,21-22H,3-13H2,1-2H3/t15-,16+,17-,18+/m0/s1. The summed E-state index contributed by atoms with van der Waals surface area (Å²) in [6.07, 6.45) is 7.02. The molecule has 2 N–H and O–H groups in total. The van der Waals surface area contributed by atoms with Crippen LogP contribution in [0.3, 0.4) is 0 Å². The molecule has 1 rings (SSSR count). The molecule has 4 atom stereocenters. The van der Waals surface area contributed by atoms with E-state index < -0.39 is 12.2 Å². The van der Waals surface area contributed by atoms with Crippen molar-refractivity contribution in [3.8, 4) is 0 Å². The fourth-order valence-corrected chi connectivity index (χ4v) is 3.76. The van der Waals surface area contributed by atoms with Gasteiger partial charge in [-0.25, -0.2) is 0 Å². The second-order valence-electron chi connectivity index (χ2n) is 7.05. The van der Waals surface area contributed by atoms with Crippen molar-refractivity contribution in [1.29, 1.82) is 0 Å². The van der Waals surface area contributed by atoms with E-state index in [2.05, 4.69) is 11.7 Å². The zero-order valence-electron chi connectivity index (χ0n) is 15.2. The smallest absolute Gasteiger partial charge is 0.305 e. The number of aliphatic hydroxyl groups is 2. The molecular formula is C19H34O5. The summed E-state index contributed by atoms with van der Waals surface area (Å²) in [4.78, 5) is 23.1. The Bertz CT molecular complexity index is 382. The van der Waals surface area contributed by atoms with Crippen LogP contribution in [0.1, 0.15) is 77.6 Å². The summed E-state index contributed by atoms with van der Waals surface area (Å²) in [5, 5.41) is 20.4. The van der Waals surface area contributed by atoms with E-state index in [1.165, 1.54) is 7.11 Å². The Hall–Kier alpha value is -0.940. The van der Waals surface area contributed by atoms with Crippen molar-refractivity contribution in [2.45, 2.75) is 89.8 Å². The normalized spacial score (nSPS) is 26.5. The molecule has 5 nitrogen and oxygen atoms in total. The van der Waals surface area contributed by atoms with Crippen LogP contribution in [0.5, 0.6) is 0 Å². The first-order valence-corrected chi connectivity index (χ1v) is 9.44. The van der Waals surface area contributed by atoms with Crippen LogP contribution in [-0.4, -0.2) is 41.3 Å². The lowest BCUT2D eigenvalue weighted by molar-refractivity contribution is -0.140. The molecule has 0 unspecified atom stereocenters. The zero-order valence-corrected chi connectivity index (χ0v) is 15.2. The van der Waals surface area contributed by atoms with Gasteiger partial charge < -0.3 is 14.9 Å². The molecule has 5 heteroatoms. The molecule has 0 heterocycles. The van der Waals surface area contributed by atoms with Gasteiger partial charge in [-0.1, -0.05) is 26.2 Å². The first kappa shape index (κ1) is 21.1. The van der Waals surface area contributed by atoms with Crippen molar-refractivity contribution in [2.24, 2.45) is 11.8 Å². The van der Waals surface area contributed by atoms with Crippen LogP contribution in [0.15, 0.2) is 0 Å². The fraction of sp³-hybridized carbons (Fsp3) is 0.895. The van der Waals surface area contributed by atoms with Crippen LogP contribution >= 0.6 is 0 Å². The summed E-state index contributed by atoms with van der Waals surface area (Å²) in [5.74, 6) is 0.0760. The van der Waals surface area contributed by atoms with Crippen LogP contribution in [0.4, 0.5) is 0 Å². The van der Waals surface area contributed by atoms with E-state index in [9.17, 15) is 19.8 Å². The average molecular weight is 342 g/mol. The van der Waals surface area contributed by atoms with Gasteiger partial charge in [0.1, 0.15) is 5.78 Å². The summed E-state index contributed by atoms with van der Waals surface area (Å²) in [6, 6.07) is 0. The highest BCUT2D eigenvalue weighted by Crippen LogP contribution is 2.39. The Kier molecular flexibility index (Phi) is 10.2. The maximum absolute atomic E-state index is 11.9. The Morgan fingerprint density at radius 2 is 1.54 bits per heavy atom. The van der Waals surface area contributed by atoms with Gasteiger partial charge in [-0.05, 0) is 43.9 Å². The molecule has 0 spiro atoms. The maximum Gasteiger partial charge on any atom is 0.305 e. The molecule has 0 aromatic heterocycles. The maximum atomic E-state index is 11.9. The lowest BCUT2D eigenvalue weighted by atomic mass is 9.85. The number of rotatable bonds is 12. The molecule has 1 fully saturated rings. The molecule has 0 aromatic carbocycles. The Labute approximate surface area is 145 Å². The van der Waals surface area contributed by atoms with E-state index >= 15 is 0 Å². The third kappa shape index (κ3) is 7.31. The van der Waals surface area contributed by atoms with Gasteiger partial charge >= 0.3 is 5.97 Å². The van der Waals surface area contributed by atoms with Crippen LogP contribution in [-0.2, 0) is 14.3 Å². The number of aliphatic hydroxyl groups excluding tert-OH is 2. The van der Waals surface area contributed by atoms with E-state index in [-0.39, 0.29) is 23.6 Å². The van der Waals surface area contributed by atoms with Gasteiger partial charge in [0.2, 0.25) is 0 Å². The van der Waals surface area contributed by atoms with E-state index in [0.717, 1.165) is 38.5 Å². The summed E-state index contributed by atoms with van der Waals surface area (Å²) >= 11 is 0. The summed E-state index contributed by atoms with van der Waals surface area (Å²) in [7, 11) is 1.38. The minimum absolute atomic E-state index is 0.00625. The number of Topliss-reactive ketones (excluding diaryl/α,β-unsaturated/α-hetero) is 1. The molecule has 0 aliphatic heterocycles. The number of esters is 1. The number of hydrogen-bond donors (Lipinski definition) is 2. The number of methoxy groups -OCH3 is 1. The largest absolute Gasteiger partial charge is 0.469 e. The highest BCUT2D eigenvalue weighted by molar-refractivity contribution is 5.78. The summed E-state index contributed by atoms with van der Waals surface area (Å²) < 4.78 is 4.62. The Balaban J connectivity index is 2.36. The average Bonchev–Trinajstić information content (AvgIpc) is 2.82. The number of carbonyl (C=O) groups is 2. The molecule has 140 valence electrons. The van der Waals surface area contributed by atoms with Crippen molar-refractivity contribution in [3.05, 3.63) is 0 Å². The first-order chi connectivity index (χ1) is 11.5. The number of hydrogen-bond acceptors (Lipinski definition) is 5. The van der Waals surface area contributed by atoms with Crippen LogP contribution < -0.4 is 0 Å². The zero-order chi connectivity index (χ0) is 17.9. The molecule has 0 saturated heterocycles. The first-order valence-electron chi connectivity index (χ1n) is 9.44.